The number of rotatable bonds is 2. The van der Waals surface area contributed by atoms with Crippen LogP contribution in [0.5, 0.6) is 0 Å². The fourth-order valence-electron chi connectivity index (χ4n) is 2.11. The normalized spacial score (nSPS) is 17.1. The summed E-state index contributed by atoms with van der Waals surface area (Å²) in [5.74, 6) is -0.192. The average molecular weight is 354 g/mol. The lowest BCUT2D eigenvalue weighted by atomic mass is 10.1. The maximum atomic E-state index is 12.1. The van der Waals surface area contributed by atoms with E-state index in [0.29, 0.717) is 20.7 Å². The second-order valence-electron chi connectivity index (χ2n) is 5.10. The average Bonchev–Trinajstić information content (AvgIpc) is 2.92. The standard InChI is InChI=1S/C18H12ClN3OS/c1-11-14(19)3-2-4-15(11)21-18-22-17(23)16(24-18)9-12-5-7-13(10-20)8-6-12/h2-9H,1H3,(H,21,22,23)/b16-9+. The van der Waals surface area contributed by atoms with Crippen LogP contribution in [0, 0.1) is 18.3 Å². The zero-order valence-electron chi connectivity index (χ0n) is 12.7. The number of nitrogens with one attached hydrogen (secondary N) is 1. The van der Waals surface area contributed by atoms with E-state index in [-0.39, 0.29) is 5.91 Å². The molecule has 0 unspecified atom stereocenters. The highest BCUT2D eigenvalue weighted by Crippen LogP contribution is 2.31. The zero-order chi connectivity index (χ0) is 17.1. The number of hydrogen-bond donors (Lipinski definition) is 1. The van der Waals surface area contributed by atoms with Crippen molar-refractivity contribution in [3.8, 4) is 6.07 Å². The SMILES string of the molecule is Cc1c(Cl)cccc1N=C1NC(=O)/C(=C\c2ccc(C#N)cc2)S1. The number of carbonyl (C=O) groups is 1. The lowest BCUT2D eigenvalue weighted by molar-refractivity contribution is -0.115. The molecule has 1 amide bonds. The molecule has 3 rings (SSSR count). The van der Waals surface area contributed by atoms with Gasteiger partial charge in [0.2, 0.25) is 0 Å². The van der Waals surface area contributed by atoms with Crippen LogP contribution >= 0.6 is 23.4 Å². The van der Waals surface area contributed by atoms with Gasteiger partial charge in [0.15, 0.2) is 5.17 Å². The summed E-state index contributed by atoms with van der Waals surface area (Å²) in [7, 11) is 0. The predicted molar refractivity (Wildman–Crippen MR) is 98.2 cm³/mol. The maximum absolute atomic E-state index is 12.1. The molecule has 0 aromatic heterocycles. The molecule has 1 fully saturated rings. The molecule has 1 N–H and O–H groups in total. The van der Waals surface area contributed by atoms with Gasteiger partial charge in [0, 0.05) is 5.02 Å². The first kappa shape index (κ1) is 16.3. The summed E-state index contributed by atoms with van der Waals surface area (Å²) >= 11 is 7.37. The van der Waals surface area contributed by atoms with Crippen molar-refractivity contribution in [2.24, 2.45) is 4.99 Å². The number of nitrogens with zero attached hydrogens (tertiary/aromatic N) is 2. The monoisotopic (exact) mass is 353 g/mol. The number of halogens is 1. The van der Waals surface area contributed by atoms with Gasteiger partial charge in [-0.2, -0.15) is 5.26 Å². The molecule has 1 aliphatic heterocycles. The summed E-state index contributed by atoms with van der Waals surface area (Å²) in [5, 5.41) is 12.7. The molecule has 24 heavy (non-hydrogen) atoms. The summed E-state index contributed by atoms with van der Waals surface area (Å²) in [6.45, 7) is 1.89. The predicted octanol–water partition coefficient (Wildman–Crippen LogP) is 4.41. The van der Waals surface area contributed by atoms with Gasteiger partial charge in [-0.15, -0.1) is 0 Å². The molecule has 1 saturated heterocycles. The molecule has 2 aromatic carbocycles. The minimum Gasteiger partial charge on any atom is -0.300 e. The van der Waals surface area contributed by atoms with Gasteiger partial charge in [0.25, 0.3) is 5.91 Å². The van der Waals surface area contributed by atoms with Crippen LogP contribution in [0.25, 0.3) is 6.08 Å². The molecule has 0 bridgehead atoms. The van der Waals surface area contributed by atoms with E-state index in [4.69, 9.17) is 16.9 Å². The van der Waals surface area contributed by atoms with Crippen molar-refractivity contribution in [1.82, 2.24) is 5.32 Å². The van der Waals surface area contributed by atoms with E-state index >= 15 is 0 Å². The lowest BCUT2D eigenvalue weighted by Crippen LogP contribution is -2.19. The number of thioether (sulfide) groups is 1. The largest absolute Gasteiger partial charge is 0.300 e. The van der Waals surface area contributed by atoms with Gasteiger partial charge in [0.05, 0.1) is 22.2 Å². The number of amides is 1. The molecular formula is C18H12ClN3OS. The zero-order valence-corrected chi connectivity index (χ0v) is 14.3. The second kappa shape index (κ2) is 6.91. The molecule has 0 spiro atoms. The summed E-state index contributed by atoms with van der Waals surface area (Å²) < 4.78 is 0. The van der Waals surface area contributed by atoms with Crippen LogP contribution in [0.3, 0.4) is 0 Å². The van der Waals surface area contributed by atoms with Crippen LogP contribution in [0.2, 0.25) is 5.02 Å². The molecule has 0 atom stereocenters. The van der Waals surface area contributed by atoms with Crippen LogP contribution in [0.4, 0.5) is 5.69 Å². The molecule has 1 heterocycles. The van der Waals surface area contributed by atoms with Crippen LogP contribution in [0.15, 0.2) is 52.4 Å². The number of benzene rings is 2. The van der Waals surface area contributed by atoms with Crippen LogP contribution < -0.4 is 5.32 Å². The molecule has 4 nitrogen and oxygen atoms in total. The van der Waals surface area contributed by atoms with E-state index in [1.807, 2.05) is 19.1 Å². The molecule has 6 heteroatoms. The first-order valence-corrected chi connectivity index (χ1v) is 8.31. The van der Waals surface area contributed by atoms with E-state index in [1.165, 1.54) is 11.8 Å². The summed E-state index contributed by atoms with van der Waals surface area (Å²) in [6.07, 6.45) is 1.77. The van der Waals surface area contributed by atoms with Crippen LogP contribution in [-0.4, -0.2) is 11.1 Å². The van der Waals surface area contributed by atoms with Crippen molar-refractivity contribution in [1.29, 1.82) is 5.26 Å². The third-order valence-electron chi connectivity index (χ3n) is 3.45. The number of aliphatic imine (C=N–C) groups is 1. The highest BCUT2D eigenvalue weighted by molar-refractivity contribution is 8.18. The first-order valence-electron chi connectivity index (χ1n) is 7.11. The van der Waals surface area contributed by atoms with Crippen LogP contribution in [0.1, 0.15) is 16.7 Å². The van der Waals surface area contributed by atoms with Gasteiger partial charge in [-0.25, -0.2) is 4.99 Å². The molecule has 0 aliphatic carbocycles. The number of nitriles is 1. The van der Waals surface area contributed by atoms with Crippen molar-refractivity contribution in [3.63, 3.8) is 0 Å². The van der Waals surface area contributed by atoms with Gasteiger partial charge in [-0.1, -0.05) is 29.8 Å². The van der Waals surface area contributed by atoms with Crippen molar-refractivity contribution in [2.45, 2.75) is 6.92 Å². The fraction of sp³-hybridized carbons (Fsp3) is 0.0556. The smallest absolute Gasteiger partial charge is 0.264 e. The van der Waals surface area contributed by atoms with E-state index < -0.39 is 0 Å². The maximum Gasteiger partial charge on any atom is 0.264 e. The number of carbonyl (C=O) groups excluding carboxylic acids is 1. The Morgan fingerprint density at radius 1 is 1.25 bits per heavy atom. The Kier molecular flexibility index (Phi) is 4.70. The Hall–Kier alpha value is -2.55. The van der Waals surface area contributed by atoms with E-state index in [0.717, 1.165) is 16.8 Å². The Morgan fingerprint density at radius 3 is 2.71 bits per heavy atom. The minimum atomic E-state index is -0.192. The van der Waals surface area contributed by atoms with Gasteiger partial charge in [0.1, 0.15) is 0 Å². The summed E-state index contributed by atoms with van der Waals surface area (Å²) in [6, 6.07) is 14.6. The van der Waals surface area contributed by atoms with Crippen molar-refractivity contribution < 1.29 is 4.79 Å². The van der Waals surface area contributed by atoms with E-state index in [2.05, 4.69) is 16.4 Å². The Balaban J connectivity index is 1.85. The number of amidine groups is 1. The Labute approximate surface area is 148 Å². The molecule has 0 radical (unpaired) electrons. The van der Waals surface area contributed by atoms with Crippen LogP contribution in [-0.2, 0) is 4.79 Å². The second-order valence-corrected chi connectivity index (χ2v) is 6.54. The third-order valence-corrected chi connectivity index (χ3v) is 4.77. The Bertz CT molecular complexity index is 911. The fourth-order valence-corrected chi connectivity index (χ4v) is 3.12. The van der Waals surface area contributed by atoms with Gasteiger partial charge < -0.3 is 5.32 Å². The van der Waals surface area contributed by atoms with Gasteiger partial charge in [-0.05, 0) is 60.2 Å². The van der Waals surface area contributed by atoms with Crippen molar-refractivity contribution in [3.05, 3.63) is 69.1 Å². The van der Waals surface area contributed by atoms with Crippen molar-refractivity contribution in [2.75, 3.05) is 0 Å². The van der Waals surface area contributed by atoms with E-state index in [1.54, 1.807) is 36.4 Å². The quantitative estimate of drug-likeness (QED) is 0.813. The van der Waals surface area contributed by atoms with Crippen molar-refractivity contribution >= 4 is 46.2 Å². The highest BCUT2D eigenvalue weighted by atomic mass is 35.5. The molecule has 2 aromatic rings. The third kappa shape index (κ3) is 3.51. The highest BCUT2D eigenvalue weighted by Gasteiger charge is 2.24. The van der Waals surface area contributed by atoms with Gasteiger partial charge >= 0.3 is 0 Å². The topological polar surface area (TPSA) is 65.2 Å². The minimum absolute atomic E-state index is 0.192. The molecule has 118 valence electrons. The lowest BCUT2D eigenvalue weighted by Gasteiger charge is -2.02. The molecule has 0 saturated carbocycles. The molecule has 1 aliphatic rings. The van der Waals surface area contributed by atoms with E-state index in [9.17, 15) is 4.79 Å². The summed E-state index contributed by atoms with van der Waals surface area (Å²) in [5.41, 5.74) is 3.03. The molecular weight excluding hydrogens is 342 g/mol. The number of hydrogen-bond acceptors (Lipinski definition) is 4. The van der Waals surface area contributed by atoms with Gasteiger partial charge in [-0.3, -0.25) is 4.79 Å². The summed E-state index contributed by atoms with van der Waals surface area (Å²) in [4.78, 5) is 17.1. The Morgan fingerprint density at radius 2 is 2.00 bits per heavy atom. The first-order chi connectivity index (χ1) is 11.6.